The lowest BCUT2D eigenvalue weighted by Gasteiger charge is -2.46. The van der Waals surface area contributed by atoms with E-state index in [2.05, 4.69) is 0 Å². The Hall–Kier alpha value is -7.03. The number of carbonyl (C=O) groups excluding carboxylic acids is 2. The molecule has 6 aromatic rings. The molecule has 0 bridgehead atoms. The lowest BCUT2D eigenvalue weighted by Crippen LogP contribution is -2.75. The first kappa shape index (κ1) is 61.2. The second kappa shape index (κ2) is 21.6. The summed E-state index contributed by atoms with van der Waals surface area (Å²) in [5, 5.41) is 0. The Balaban J connectivity index is 0.000000378. The summed E-state index contributed by atoms with van der Waals surface area (Å²) in [5.74, 6) is 0.515. The van der Waals surface area contributed by atoms with E-state index in [9.17, 15) is 115 Å². The van der Waals surface area contributed by atoms with Crippen LogP contribution >= 0.6 is 0 Å². The van der Waals surface area contributed by atoms with Gasteiger partial charge in [-0.15, -0.1) is 0 Å². The summed E-state index contributed by atoms with van der Waals surface area (Å²) in [5.41, 5.74) is -28.7. The molecule has 79 heavy (non-hydrogen) atoms. The van der Waals surface area contributed by atoms with Gasteiger partial charge in [0.15, 0.2) is 18.2 Å². The van der Waals surface area contributed by atoms with Gasteiger partial charge in [-0.25, -0.2) is 0 Å². The van der Waals surface area contributed by atoms with Crippen LogP contribution in [0.4, 0.5) is 105 Å². The molecule has 28 heteroatoms. The van der Waals surface area contributed by atoms with Crippen molar-refractivity contribution in [3.63, 3.8) is 0 Å². The van der Waals surface area contributed by atoms with Gasteiger partial charge in [0.25, 0.3) is 0 Å². The molecule has 0 N–H and O–H groups in total. The van der Waals surface area contributed by atoms with Crippen LogP contribution in [0.3, 0.4) is 0 Å². The zero-order valence-electron chi connectivity index (χ0n) is 39.1. The van der Waals surface area contributed by atoms with Gasteiger partial charge in [-0.05, 0) is 37.1 Å². The van der Waals surface area contributed by atoms with Crippen molar-refractivity contribution in [1.29, 1.82) is 0 Å². The molecule has 0 aliphatic heterocycles. The minimum absolute atomic E-state index is 0.0699. The topological polar surface area (TPSA) is 38.0 Å². The number of pyridine rings is 1. The summed E-state index contributed by atoms with van der Waals surface area (Å²) in [7, 11) is 0. The van der Waals surface area contributed by atoms with E-state index in [-0.39, 0.29) is 17.5 Å². The third kappa shape index (κ3) is 14.2. The molecule has 0 radical (unpaired) electrons. The number of carbonyl (C=O) groups is 2. The zero-order chi connectivity index (χ0) is 59.3. The quantitative estimate of drug-likeness (QED) is 0.0626. The molecule has 1 aromatic heterocycles. The maximum atomic E-state index is 14.2. The number of aromatic nitrogens is 1. The number of nitrogens with zero attached hydrogens (tertiary/aromatic N) is 1. The Labute approximate surface area is 429 Å². The van der Waals surface area contributed by atoms with Crippen LogP contribution in [0.1, 0.15) is 90.9 Å². The fourth-order valence-corrected chi connectivity index (χ4v) is 9.10. The molecular weight excluding hydrogens is 1130 g/mol. The van der Waals surface area contributed by atoms with Crippen LogP contribution in [0, 0.1) is 5.92 Å². The minimum atomic E-state index is -6.13. The predicted octanol–water partition coefficient (Wildman–Crippen LogP) is 14.4. The summed E-state index contributed by atoms with van der Waals surface area (Å²) in [6.07, 6.45) is -46.8. The monoisotopic (exact) mass is 1160 g/mol. The zero-order valence-corrected chi connectivity index (χ0v) is 39.1. The predicted molar refractivity (Wildman–Crippen MR) is 234 cm³/mol. The van der Waals surface area contributed by atoms with Crippen molar-refractivity contribution in [2.75, 3.05) is 0 Å². The lowest BCUT2D eigenvalue weighted by atomic mass is 9.12. The highest BCUT2D eigenvalue weighted by molar-refractivity contribution is 7.20. The molecule has 1 aliphatic carbocycles. The molecule has 0 amide bonds. The molecule has 7 rings (SSSR count). The number of hydrogen-bond donors (Lipinski definition) is 0. The molecule has 0 atom stereocenters. The SMILES string of the molecule is FC(F)(F)c1cc([B-](c2cc(C(F)(F)F)cc(C(F)(F)F)c2)(c2cc(C(F)(F)F)cc(C(F)(F)F)c2)c2cc(C(F)(F)F)cc(C(F)(F)F)c2)cc(C(F)(F)F)c1.O=C(C[n+]1ccc(C(=O)C2CCCC2)cc1)c1ccccc1. The van der Waals surface area contributed by atoms with Gasteiger partial charge in [-0.2, -0.15) is 132 Å². The second-order valence-electron chi connectivity index (χ2n) is 18.1. The summed E-state index contributed by atoms with van der Waals surface area (Å²) >= 11 is 0. The Morgan fingerprint density at radius 2 is 0.620 bits per heavy atom. The highest BCUT2D eigenvalue weighted by atomic mass is 19.4. The van der Waals surface area contributed by atoms with Crippen LogP contribution in [-0.4, -0.2) is 17.7 Å². The van der Waals surface area contributed by atoms with Crippen molar-refractivity contribution in [1.82, 2.24) is 0 Å². The Bertz CT molecular complexity index is 2740. The average molecular weight is 1160 g/mol. The van der Waals surface area contributed by atoms with Gasteiger partial charge in [0.1, 0.15) is 6.15 Å². The van der Waals surface area contributed by atoms with Crippen LogP contribution in [0.25, 0.3) is 0 Å². The number of rotatable bonds is 9. The lowest BCUT2D eigenvalue weighted by molar-refractivity contribution is -0.683. The van der Waals surface area contributed by atoms with E-state index < -0.39 is 195 Å². The van der Waals surface area contributed by atoms with Crippen molar-refractivity contribution in [2.24, 2.45) is 5.92 Å². The van der Waals surface area contributed by atoms with Crippen molar-refractivity contribution in [3.8, 4) is 0 Å². The molecule has 1 fully saturated rings. The minimum Gasteiger partial charge on any atom is -0.294 e. The third-order valence-electron chi connectivity index (χ3n) is 12.8. The molecule has 424 valence electrons. The molecular formula is C51H32BF24NO2. The van der Waals surface area contributed by atoms with Gasteiger partial charge >= 0.3 is 49.4 Å². The average Bonchev–Trinajstić information content (AvgIpc) is 4.04. The number of hydrogen-bond acceptors (Lipinski definition) is 2. The summed E-state index contributed by atoms with van der Waals surface area (Å²) in [6.45, 7) is 0.294. The highest BCUT2D eigenvalue weighted by Gasteiger charge is 2.47. The van der Waals surface area contributed by atoms with Gasteiger partial charge < -0.3 is 0 Å². The molecule has 0 saturated heterocycles. The summed E-state index contributed by atoms with van der Waals surface area (Å²) in [6, 6.07) is 4.12. The Morgan fingerprint density at radius 3 is 0.861 bits per heavy atom. The molecule has 1 heterocycles. The van der Waals surface area contributed by atoms with Crippen molar-refractivity contribution in [2.45, 2.75) is 81.6 Å². The van der Waals surface area contributed by atoms with Gasteiger partial charge in [0.05, 0.1) is 44.5 Å². The maximum Gasteiger partial charge on any atom is 0.416 e. The number of alkyl halides is 24. The Morgan fingerprint density at radius 1 is 0.367 bits per heavy atom. The number of ketones is 2. The van der Waals surface area contributed by atoms with Crippen LogP contribution in [-0.2, 0) is 56.0 Å². The van der Waals surface area contributed by atoms with Crippen molar-refractivity contribution in [3.05, 3.63) is 183 Å². The van der Waals surface area contributed by atoms with Crippen LogP contribution in [0.5, 0.6) is 0 Å². The molecule has 5 aromatic carbocycles. The van der Waals surface area contributed by atoms with Gasteiger partial charge in [-0.1, -0.05) is 91.7 Å². The molecule has 3 nitrogen and oxygen atoms in total. The number of halogens is 24. The van der Waals surface area contributed by atoms with Crippen molar-refractivity contribution >= 4 is 39.6 Å². The maximum absolute atomic E-state index is 14.2. The van der Waals surface area contributed by atoms with E-state index >= 15 is 0 Å². The van der Waals surface area contributed by atoms with Gasteiger partial charge in [0, 0.05) is 29.2 Å². The smallest absolute Gasteiger partial charge is 0.294 e. The first-order valence-corrected chi connectivity index (χ1v) is 22.5. The molecule has 1 aliphatic rings. The van der Waals surface area contributed by atoms with Crippen LogP contribution in [0.15, 0.2) is 128 Å². The van der Waals surface area contributed by atoms with E-state index in [1.54, 1.807) is 0 Å². The van der Waals surface area contributed by atoms with Crippen LogP contribution < -0.4 is 26.4 Å². The van der Waals surface area contributed by atoms with Gasteiger partial charge in [0.2, 0.25) is 12.3 Å². The summed E-state index contributed by atoms with van der Waals surface area (Å²) < 4.78 is 343. The third-order valence-corrected chi connectivity index (χ3v) is 12.8. The highest BCUT2D eigenvalue weighted by Crippen LogP contribution is 2.41. The van der Waals surface area contributed by atoms with E-state index in [1.807, 2.05) is 59.4 Å². The summed E-state index contributed by atoms with van der Waals surface area (Å²) in [4.78, 5) is 24.5. The van der Waals surface area contributed by atoms with Crippen LogP contribution in [0.2, 0.25) is 0 Å². The Kier molecular flexibility index (Phi) is 16.7. The van der Waals surface area contributed by atoms with E-state index in [1.165, 1.54) is 0 Å². The second-order valence-corrected chi connectivity index (χ2v) is 18.1. The van der Waals surface area contributed by atoms with E-state index in [0.29, 0.717) is 12.1 Å². The molecule has 1 saturated carbocycles. The van der Waals surface area contributed by atoms with Gasteiger partial charge in [-0.3, -0.25) is 9.59 Å². The molecule has 0 unspecified atom stereocenters. The van der Waals surface area contributed by atoms with E-state index in [0.717, 1.165) is 31.2 Å². The standard InChI is InChI=1S/C32H12BF24.C19H20NO2/c34-25(35,36)13-1-14(26(37,38)39)6-21(5-13)33(22-7-15(27(40,41)42)2-16(8-22)28(43,44)45,23-9-17(29(46,47)48)3-18(10-23)30(49,50)51)24-11-19(31(52,53)54)4-20(12-24)32(55,56)57;21-18(15-6-2-1-3-7-15)14-20-12-10-17(11-13-20)19(22)16-8-4-5-9-16/h1-12H;1-3,6-7,10-13,16H,4-5,8-9,14H2/q-1;+1. The fraction of sp³-hybridized carbons (Fsp3) is 0.275. The van der Waals surface area contributed by atoms with E-state index in [4.69, 9.17) is 0 Å². The largest absolute Gasteiger partial charge is 0.416 e. The first-order valence-electron chi connectivity index (χ1n) is 22.5. The number of Topliss-reactive ketones (excluding diaryl/α,β-unsaturated/α-hetero) is 2. The normalized spacial score (nSPS) is 14.5. The van der Waals surface area contributed by atoms with Crippen molar-refractivity contribution < 1.29 is 120 Å². The molecule has 0 spiro atoms. The fourth-order valence-electron chi connectivity index (χ4n) is 9.10. The first-order chi connectivity index (χ1) is 36.0. The number of benzene rings is 5.